The molecule has 1 N–H and O–H groups in total. The lowest BCUT2D eigenvalue weighted by molar-refractivity contribution is 0.439. The molecule has 0 spiro atoms. The molecule has 4 aromatic rings. The van der Waals surface area contributed by atoms with E-state index in [0.717, 1.165) is 38.5 Å². The van der Waals surface area contributed by atoms with Gasteiger partial charge < -0.3 is 14.6 Å². The normalized spacial score (nSPS) is 18.3. The first-order valence-electron chi connectivity index (χ1n) is 10.0. The molecule has 1 fully saturated rings. The van der Waals surface area contributed by atoms with Crippen LogP contribution in [0.25, 0.3) is 11.3 Å². The third kappa shape index (κ3) is 3.77. The summed E-state index contributed by atoms with van der Waals surface area (Å²) < 4.78 is 7.45. The van der Waals surface area contributed by atoms with Crippen molar-refractivity contribution in [1.82, 2.24) is 10.3 Å². The highest BCUT2D eigenvalue weighted by Crippen LogP contribution is 2.43. The lowest BCUT2D eigenvalue weighted by atomic mass is 10.0. The van der Waals surface area contributed by atoms with Crippen LogP contribution in [0.5, 0.6) is 0 Å². The monoisotopic (exact) mass is 489 g/mol. The van der Waals surface area contributed by atoms with Gasteiger partial charge in [-0.05, 0) is 67.2 Å². The summed E-state index contributed by atoms with van der Waals surface area (Å²) in [6.07, 6.45) is 1.81. The Kier molecular flexibility index (Phi) is 5.34. The van der Waals surface area contributed by atoms with Crippen LogP contribution in [0.2, 0.25) is 0 Å². The van der Waals surface area contributed by atoms with E-state index in [1.165, 1.54) is 0 Å². The first-order chi connectivity index (χ1) is 15.1. The summed E-state index contributed by atoms with van der Waals surface area (Å²) in [6, 6.07) is 26.1. The van der Waals surface area contributed by atoms with Crippen LogP contribution in [-0.4, -0.2) is 10.1 Å². The summed E-state index contributed by atoms with van der Waals surface area (Å²) in [5.41, 5.74) is 4.12. The zero-order valence-electron chi connectivity index (χ0n) is 16.8. The van der Waals surface area contributed by atoms with E-state index in [4.69, 9.17) is 16.6 Å². The number of rotatable bonds is 4. The summed E-state index contributed by atoms with van der Waals surface area (Å²) in [6.45, 7) is 2.08. The smallest absolute Gasteiger partial charge is 0.174 e. The third-order valence-electron chi connectivity index (χ3n) is 5.49. The van der Waals surface area contributed by atoms with E-state index in [2.05, 4.69) is 56.3 Å². The summed E-state index contributed by atoms with van der Waals surface area (Å²) in [4.78, 5) is 6.72. The van der Waals surface area contributed by atoms with Crippen molar-refractivity contribution in [3.63, 3.8) is 0 Å². The fourth-order valence-corrected chi connectivity index (χ4v) is 4.56. The molecule has 1 aliphatic rings. The van der Waals surface area contributed by atoms with E-state index in [9.17, 15) is 0 Å². The minimum absolute atomic E-state index is 0.132. The van der Waals surface area contributed by atoms with Gasteiger partial charge in [-0.3, -0.25) is 4.98 Å². The Morgan fingerprint density at radius 2 is 1.81 bits per heavy atom. The van der Waals surface area contributed by atoms with Crippen molar-refractivity contribution < 1.29 is 4.42 Å². The highest BCUT2D eigenvalue weighted by Gasteiger charge is 2.42. The Bertz CT molecular complexity index is 1230. The van der Waals surface area contributed by atoms with Gasteiger partial charge in [0.1, 0.15) is 17.6 Å². The lowest BCUT2D eigenvalue weighted by Gasteiger charge is -2.26. The van der Waals surface area contributed by atoms with Crippen molar-refractivity contribution in [1.29, 1.82) is 0 Å². The molecule has 0 unspecified atom stereocenters. The van der Waals surface area contributed by atoms with E-state index in [0.29, 0.717) is 5.11 Å². The van der Waals surface area contributed by atoms with Gasteiger partial charge in [-0.25, -0.2) is 0 Å². The average molecular weight is 490 g/mol. The molecular weight excluding hydrogens is 470 g/mol. The molecule has 1 saturated heterocycles. The van der Waals surface area contributed by atoms with Crippen molar-refractivity contribution in [3.05, 3.63) is 107 Å². The number of nitrogens with one attached hydrogen (secondary N) is 1. The van der Waals surface area contributed by atoms with Crippen molar-refractivity contribution in [2.75, 3.05) is 4.90 Å². The van der Waals surface area contributed by atoms with E-state index >= 15 is 0 Å². The summed E-state index contributed by atoms with van der Waals surface area (Å²) in [5, 5.41) is 4.13. The number of aromatic nitrogens is 1. The van der Waals surface area contributed by atoms with Crippen LogP contribution in [0.15, 0.2) is 93.9 Å². The number of furan rings is 1. The van der Waals surface area contributed by atoms with Gasteiger partial charge in [0.2, 0.25) is 0 Å². The zero-order chi connectivity index (χ0) is 21.4. The fourth-order valence-electron chi connectivity index (χ4n) is 3.97. The lowest BCUT2D eigenvalue weighted by Crippen LogP contribution is -2.29. The second kappa shape index (κ2) is 8.29. The van der Waals surface area contributed by atoms with E-state index in [1.807, 2.05) is 60.7 Å². The highest BCUT2D eigenvalue weighted by atomic mass is 79.9. The van der Waals surface area contributed by atoms with Gasteiger partial charge in [-0.1, -0.05) is 52.3 Å². The first kappa shape index (κ1) is 20.0. The summed E-state index contributed by atoms with van der Waals surface area (Å²) >= 11 is 9.38. The predicted molar refractivity (Wildman–Crippen MR) is 131 cm³/mol. The van der Waals surface area contributed by atoms with Crippen molar-refractivity contribution in [3.8, 4) is 11.3 Å². The van der Waals surface area contributed by atoms with Crippen LogP contribution >= 0.6 is 28.1 Å². The molecule has 4 nitrogen and oxygen atoms in total. The quantitative estimate of drug-likeness (QED) is 0.327. The topological polar surface area (TPSA) is 41.3 Å². The largest absolute Gasteiger partial charge is 0.459 e. The molecule has 0 saturated carbocycles. The maximum Gasteiger partial charge on any atom is 0.174 e. The number of nitrogens with zero attached hydrogens (tertiary/aromatic N) is 2. The molecule has 0 bridgehead atoms. The van der Waals surface area contributed by atoms with Crippen molar-refractivity contribution >= 4 is 38.9 Å². The Balaban J connectivity index is 1.61. The van der Waals surface area contributed by atoms with E-state index in [-0.39, 0.29) is 12.1 Å². The second-order valence-electron chi connectivity index (χ2n) is 7.50. The van der Waals surface area contributed by atoms with Gasteiger partial charge in [0.05, 0.1) is 11.7 Å². The Labute approximate surface area is 195 Å². The molecule has 2 aromatic carbocycles. The molecule has 6 heteroatoms. The van der Waals surface area contributed by atoms with E-state index < -0.39 is 0 Å². The predicted octanol–water partition coefficient (Wildman–Crippen LogP) is 6.59. The highest BCUT2D eigenvalue weighted by molar-refractivity contribution is 9.10. The van der Waals surface area contributed by atoms with Crippen molar-refractivity contribution in [2.24, 2.45) is 0 Å². The molecule has 154 valence electrons. The second-order valence-corrected chi connectivity index (χ2v) is 8.74. The van der Waals surface area contributed by atoms with Crippen LogP contribution in [0.1, 0.15) is 29.1 Å². The maximum atomic E-state index is 6.38. The van der Waals surface area contributed by atoms with Gasteiger partial charge >= 0.3 is 0 Å². The molecule has 5 rings (SSSR count). The molecule has 2 atom stereocenters. The van der Waals surface area contributed by atoms with Crippen LogP contribution in [-0.2, 0) is 0 Å². The molecule has 3 heterocycles. The molecule has 1 aliphatic heterocycles. The molecule has 2 aromatic heterocycles. The van der Waals surface area contributed by atoms with Crippen LogP contribution in [0, 0.1) is 6.92 Å². The third-order valence-corrected chi connectivity index (χ3v) is 6.70. The number of halogens is 1. The standard InChI is InChI=1S/C25H20BrN3OS/c1-16-15-18(10-11-19(16)26)29-24(23(28-25(29)31)20-9-5-6-14-27-20)22-13-12-21(30-22)17-7-3-2-4-8-17/h2-15,23-24H,1H3,(H,28,31)/t23-,24-/m0/s1. The van der Waals surface area contributed by atoms with Crippen molar-refractivity contribution in [2.45, 2.75) is 19.0 Å². The zero-order valence-corrected chi connectivity index (χ0v) is 19.2. The molecule has 0 aliphatic carbocycles. The number of thiocarbonyl (C=S) groups is 1. The van der Waals surface area contributed by atoms with Gasteiger partial charge in [0.15, 0.2) is 5.11 Å². The van der Waals surface area contributed by atoms with Crippen LogP contribution in [0.4, 0.5) is 5.69 Å². The average Bonchev–Trinajstić information content (AvgIpc) is 3.41. The van der Waals surface area contributed by atoms with Crippen LogP contribution < -0.4 is 10.2 Å². The van der Waals surface area contributed by atoms with Gasteiger partial charge in [-0.15, -0.1) is 0 Å². The van der Waals surface area contributed by atoms with Gasteiger partial charge in [0.25, 0.3) is 0 Å². The number of hydrogen-bond acceptors (Lipinski definition) is 3. The molecular formula is C25H20BrN3OS. The fraction of sp³-hybridized carbons (Fsp3) is 0.120. The number of anilines is 1. The number of benzene rings is 2. The number of aryl methyl sites for hydroxylation is 1. The van der Waals surface area contributed by atoms with E-state index in [1.54, 1.807) is 6.20 Å². The molecule has 0 amide bonds. The maximum absolute atomic E-state index is 6.38. The Morgan fingerprint density at radius 1 is 1.00 bits per heavy atom. The number of hydrogen-bond donors (Lipinski definition) is 1. The Morgan fingerprint density at radius 3 is 2.55 bits per heavy atom. The van der Waals surface area contributed by atoms with Gasteiger partial charge in [-0.2, -0.15) is 0 Å². The Hall–Kier alpha value is -2.96. The summed E-state index contributed by atoms with van der Waals surface area (Å²) in [7, 11) is 0. The van der Waals surface area contributed by atoms with Crippen LogP contribution in [0.3, 0.4) is 0 Å². The SMILES string of the molecule is Cc1cc(N2C(=S)N[C@@H](c3ccccn3)[C@@H]2c2ccc(-c3ccccc3)o2)ccc1Br. The minimum Gasteiger partial charge on any atom is -0.459 e. The van der Waals surface area contributed by atoms with Gasteiger partial charge in [0, 0.05) is 21.9 Å². The molecule has 0 radical (unpaired) electrons. The summed E-state index contributed by atoms with van der Waals surface area (Å²) in [5.74, 6) is 1.67. The minimum atomic E-state index is -0.166. The molecule has 31 heavy (non-hydrogen) atoms. The first-order valence-corrected chi connectivity index (χ1v) is 11.2. The number of pyridine rings is 1.